The van der Waals surface area contributed by atoms with Gasteiger partial charge in [0.25, 0.3) is 0 Å². The van der Waals surface area contributed by atoms with Crippen LogP contribution in [0.4, 0.5) is 26.3 Å². The van der Waals surface area contributed by atoms with Crippen LogP contribution in [0.1, 0.15) is 5.56 Å². The van der Waals surface area contributed by atoms with Crippen molar-refractivity contribution in [3.05, 3.63) is 28.8 Å². The third-order valence-electron chi connectivity index (χ3n) is 1.48. The van der Waals surface area contributed by atoms with Gasteiger partial charge in [0.2, 0.25) is 0 Å². The van der Waals surface area contributed by atoms with Crippen molar-refractivity contribution in [1.29, 1.82) is 0 Å². The standard InChI is InChI=1S/C8H3ClF6S/c9-6-2-1-4(16-8(13,14)15)3-5(6)7(10,11)12/h1-3H. The van der Waals surface area contributed by atoms with E-state index in [0.29, 0.717) is 6.07 Å². The molecule has 0 saturated carbocycles. The van der Waals surface area contributed by atoms with E-state index >= 15 is 0 Å². The van der Waals surface area contributed by atoms with E-state index in [9.17, 15) is 26.3 Å². The molecule has 0 amide bonds. The van der Waals surface area contributed by atoms with Gasteiger partial charge in [0.1, 0.15) is 0 Å². The van der Waals surface area contributed by atoms with E-state index in [1.165, 1.54) is 0 Å². The van der Waals surface area contributed by atoms with Crippen LogP contribution in [0.3, 0.4) is 0 Å². The van der Waals surface area contributed by atoms with E-state index in [-0.39, 0.29) is 0 Å². The molecule has 0 saturated heterocycles. The molecule has 0 unspecified atom stereocenters. The van der Waals surface area contributed by atoms with E-state index in [1.54, 1.807) is 0 Å². The van der Waals surface area contributed by atoms with Crippen molar-refractivity contribution < 1.29 is 26.3 Å². The van der Waals surface area contributed by atoms with Gasteiger partial charge in [-0.3, -0.25) is 0 Å². The highest BCUT2D eigenvalue weighted by Gasteiger charge is 2.35. The first-order valence-corrected chi connectivity index (χ1v) is 4.91. The molecule has 0 aliphatic heterocycles. The maximum absolute atomic E-state index is 12.3. The molecule has 1 rings (SSSR count). The van der Waals surface area contributed by atoms with Gasteiger partial charge in [-0.1, -0.05) is 11.6 Å². The van der Waals surface area contributed by atoms with Crippen molar-refractivity contribution in [3.63, 3.8) is 0 Å². The van der Waals surface area contributed by atoms with Crippen molar-refractivity contribution in [2.45, 2.75) is 16.6 Å². The van der Waals surface area contributed by atoms with E-state index in [2.05, 4.69) is 0 Å². The van der Waals surface area contributed by atoms with E-state index < -0.39 is 38.9 Å². The van der Waals surface area contributed by atoms with Gasteiger partial charge < -0.3 is 0 Å². The number of halogens is 7. The smallest absolute Gasteiger partial charge is 0.166 e. The van der Waals surface area contributed by atoms with Gasteiger partial charge in [0.15, 0.2) is 0 Å². The predicted molar refractivity (Wildman–Crippen MR) is 48.4 cm³/mol. The SMILES string of the molecule is FC(F)(F)Sc1ccc(Cl)c(C(F)(F)F)c1. The van der Waals surface area contributed by atoms with Crippen LogP contribution in [-0.4, -0.2) is 5.51 Å². The first-order valence-electron chi connectivity index (χ1n) is 3.72. The minimum atomic E-state index is -4.76. The molecule has 1 aromatic rings. The predicted octanol–water partition coefficient (Wildman–Crippen LogP) is 4.97. The highest BCUT2D eigenvalue weighted by Crippen LogP contribution is 2.41. The maximum atomic E-state index is 12.3. The van der Waals surface area contributed by atoms with Gasteiger partial charge in [-0.25, -0.2) is 0 Å². The number of rotatable bonds is 1. The van der Waals surface area contributed by atoms with Gasteiger partial charge >= 0.3 is 11.7 Å². The van der Waals surface area contributed by atoms with Crippen molar-refractivity contribution in [1.82, 2.24) is 0 Å². The molecule has 0 fully saturated rings. The second-order valence-electron chi connectivity index (χ2n) is 2.69. The molecule has 1 aromatic carbocycles. The van der Waals surface area contributed by atoms with Crippen LogP contribution in [0.25, 0.3) is 0 Å². The van der Waals surface area contributed by atoms with Crippen LogP contribution in [0.5, 0.6) is 0 Å². The fraction of sp³-hybridized carbons (Fsp3) is 0.250. The molecule has 0 aliphatic carbocycles. The average Bonchev–Trinajstić information content (AvgIpc) is 2.04. The molecular weight excluding hydrogens is 278 g/mol. The molecule has 16 heavy (non-hydrogen) atoms. The minimum Gasteiger partial charge on any atom is -0.166 e. The largest absolute Gasteiger partial charge is 0.446 e. The summed E-state index contributed by atoms with van der Waals surface area (Å²) < 4.78 is 72.6. The van der Waals surface area contributed by atoms with Crippen LogP contribution in [0, 0.1) is 0 Å². The number of hydrogen-bond donors (Lipinski definition) is 0. The van der Waals surface area contributed by atoms with Gasteiger partial charge in [0, 0.05) is 4.90 Å². The first kappa shape index (κ1) is 13.5. The number of benzene rings is 1. The Balaban J connectivity index is 3.09. The average molecular weight is 281 g/mol. The summed E-state index contributed by atoms with van der Waals surface area (Å²) in [4.78, 5) is -0.552. The molecule has 0 bridgehead atoms. The fourth-order valence-corrected chi connectivity index (χ4v) is 1.72. The summed E-state index contributed by atoms with van der Waals surface area (Å²) in [5.41, 5.74) is -5.90. The van der Waals surface area contributed by atoms with Crippen molar-refractivity contribution in [2.24, 2.45) is 0 Å². The van der Waals surface area contributed by atoms with Crippen LogP contribution < -0.4 is 0 Å². The molecule has 0 N–H and O–H groups in total. The topological polar surface area (TPSA) is 0 Å². The normalized spacial score (nSPS) is 12.9. The van der Waals surface area contributed by atoms with Crippen molar-refractivity contribution in [2.75, 3.05) is 0 Å². The summed E-state index contributed by atoms with van der Waals surface area (Å²) in [6, 6.07) is 2.05. The quantitative estimate of drug-likeness (QED) is 0.517. The van der Waals surface area contributed by atoms with Crippen LogP contribution in [-0.2, 0) is 6.18 Å². The van der Waals surface area contributed by atoms with Crippen LogP contribution in [0.15, 0.2) is 23.1 Å². The Morgan fingerprint density at radius 2 is 1.56 bits per heavy atom. The fourth-order valence-electron chi connectivity index (χ4n) is 0.919. The van der Waals surface area contributed by atoms with E-state index in [4.69, 9.17) is 11.6 Å². The Kier molecular flexibility index (Phi) is 3.69. The molecule has 0 atom stereocenters. The molecule has 0 aromatic heterocycles. The van der Waals surface area contributed by atoms with Gasteiger partial charge in [-0.15, -0.1) is 0 Å². The molecule has 8 heteroatoms. The summed E-state index contributed by atoms with van der Waals surface area (Å²) in [6.07, 6.45) is -4.76. The van der Waals surface area contributed by atoms with Gasteiger partial charge in [-0.05, 0) is 30.0 Å². The Hall–Kier alpha value is -0.560. The Bertz CT molecular complexity index is 383. The molecular formula is C8H3ClF6S. The molecule has 0 heterocycles. The molecule has 0 spiro atoms. The summed E-state index contributed by atoms with van der Waals surface area (Å²) in [6.45, 7) is 0. The van der Waals surface area contributed by atoms with Crippen LogP contribution in [0.2, 0.25) is 5.02 Å². The Morgan fingerprint density at radius 1 is 1.00 bits per heavy atom. The lowest BCUT2D eigenvalue weighted by atomic mass is 10.2. The summed E-state index contributed by atoms with van der Waals surface area (Å²) in [5, 5.41) is -0.626. The molecule has 0 radical (unpaired) electrons. The monoisotopic (exact) mass is 280 g/mol. The summed E-state index contributed by atoms with van der Waals surface area (Å²) >= 11 is 4.62. The van der Waals surface area contributed by atoms with Crippen molar-refractivity contribution in [3.8, 4) is 0 Å². The second kappa shape index (κ2) is 4.37. The zero-order valence-corrected chi connectivity index (χ0v) is 8.86. The Labute approximate surface area is 95.6 Å². The van der Waals surface area contributed by atoms with E-state index in [0.717, 1.165) is 12.1 Å². The Morgan fingerprint density at radius 3 is 2.00 bits per heavy atom. The molecule has 0 aliphatic rings. The lowest BCUT2D eigenvalue weighted by Gasteiger charge is -2.11. The third kappa shape index (κ3) is 3.79. The highest BCUT2D eigenvalue weighted by molar-refractivity contribution is 8.00. The maximum Gasteiger partial charge on any atom is 0.446 e. The van der Waals surface area contributed by atoms with Gasteiger partial charge in [-0.2, -0.15) is 26.3 Å². The second-order valence-corrected chi connectivity index (χ2v) is 4.23. The zero-order valence-electron chi connectivity index (χ0n) is 7.29. The third-order valence-corrected chi connectivity index (χ3v) is 2.53. The van der Waals surface area contributed by atoms with Crippen molar-refractivity contribution >= 4 is 23.4 Å². The number of hydrogen-bond acceptors (Lipinski definition) is 1. The first-order chi connectivity index (χ1) is 7.09. The minimum absolute atomic E-state index is 0.375. The lowest BCUT2D eigenvalue weighted by molar-refractivity contribution is -0.137. The lowest BCUT2D eigenvalue weighted by Crippen LogP contribution is -2.06. The van der Waals surface area contributed by atoms with Gasteiger partial charge in [0.05, 0.1) is 10.6 Å². The highest BCUT2D eigenvalue weighted by atomic mass is 35.5. The number of thioether (sulfide) groups is 1. The zero-order chi connectivity index (χ0) is 12.6. The number of alkyl halides is 6. The van der Waals surface area contributed by atoms with Crippen LogP contribution >= 0.6 is 23.4 Å². The van der Waals surface area contributed by atoms with E-state index in [1.807, 2.05) is 0 Å². The summed E-state index contributed by atoms with van der Waals surface area (Å²) in [5.74, 6) is 0. The summed E-state index contributed by atoms with van der Waals surface area (Å²) in [7, 11) is 0. The molecule has 90 valence electrons. The molecule has 0 nitrogen and oxygen atoms in total.